The average molecular weight is 383 g/mol. The minimum absolute atomic E-state index is 0. The van der Waals surface area contributed by atoms with E-state index in [4.69, 9.17) is 11.5 Å². The summed E-state index contributed by atoms with van der Waals surface area (Å²) in [6.45, 7) is 0. The average Bonchev–Trinajstić information content (AvgIpc) is 2.62. The summed E-state index contributed by atoms with van der Waals surface area (Å²) in [7, 11) is 0. The Hall–Kier alpha value is -2.68. The fourth-order valence-corrected chi connectivity index (χ4v) is 3.21. The van der Waals surface area contributed by atoms with Crippen LogP contribution in [0.25, 0.3) is 0 Å². The van der Waals surface area contributed by atoms with Crippen LogP contribution in [0, 0.1) is 0 Å². The van der Waals surface area contributed by atoms with Crippen LogP contribution in [0.5, 0.6) is 0 Å². The monoisotopic (exact) mass is 383 g/mol. The highest BCUT2D eigenvalue weighted by molar-refractivity contribution is 6.11. The molecule has 2 unspecified atom stereocenters. The molecule has 0 bridgehead atoms. The van der Waals surface area contributed by atoms with E-state index in [9.17, 15) is 18.0 Å². The first-order chi connectivity index (χ1) is 12.8. The van der Waals surface area contributed by atoms with Gasteiger partial charge in [0.05, 0.1) is 11.1 Å². The van der Waals surface area contributed by atoms with Gasteiger partial charge in [0.1, 0.15) is 17.3 Å². The van der Waals surface area contributed by atoms with E-state index in [1.54, 1.807) is 0 Å². The van der Waals surface area contributed by atoms with Crippen LogP contribution in [0.15, 0.2) is 30.5 Å². The van der Waals surface area contributed by atoms with Gasteiger partial charge in [-0.15, -0.1) is 0 Å². The van der Waals surface area contributed by atoms with Crippen molar-refractivity contribution in [2.24, 2.45) is 5.73 Å². The first-order valence-corrected chi connectivity index (χ1v) is 8.63. The van der Waals surface area contributed by atoms with Crippen molar-refractivity contribution in [3.8, 4) is 0 Å². The molecule has 2 atom stereocenters. The zero-order valence-electron chi connectivity index (χ0n) is 14.5. The van der Waals surface area contributed by atoms with E-state index in [1.807, 2.05) is 0 Å². The van der Waals surface area contributed by atoms with E-state index in [0.717, 1.165) is 31.7 Å². The smallest absolute Gasteiger partial charge is 0.383 e. The lowest BCUT2D eigenvalue weighted by Crippen LogP contribution is -2.42. The van der Waals surface area contributed by atoms with Gasteiger partial charge in [-0.25, -0.2) is 9.97 Å². The molecular formula is C18H24F3N5O. The topological polar surface area (TPSA) is 107 Å². The lowest BCUT2D eigenvalue weighted by Gasteiger charge is -2.30. The first kappa shape index (κ1) is 19.1. The summed E-state index contributed by atoms with van der Waals surface area (Å²) in [5.41, 5.74) is 9.77. The maximum Gasteiger partial charge on any atom is 0.418 e. The number of nitrogens with two attached hydrogens (primary N) is 2. The fraction of sp³-hybridized carbons (Fsp3) is 0.389. The van der Waals surface area contributed by atoms with Crippen molar-refractivity contribution < 1.29 is 20.8 Å². The molecule has 0 spiro atoms. The Morgan fingerprint density at radius 3 is 2.63 bits per heavy atom. The van der Waals surface area contributed by atoms with Crippen molar-refractivity contribution in [1.82, 2.24) is 9.97 Å². The van der Waals surface area contributed by atoms with Crippen LogP contribution < -0.4 is 16.8 Å². The number of hydrogen-bond donors (Lipinski definition) is 3. The van der Waals surface area contributed by atoms with Crippen LogP contribution in [-0.2, 0) is 6.18 Å². The van der Waals surface area contributed by atoms with Gasteiger partial charge in [-0.2, -0.15) is 13.2 Å². The second-order valence-electron chi connectivity index (χ2n) is 6.55. The van der Waals surface area contributed by atoms with Gasteiger partial charge in [0.2, 0.25) is 5.78 Å². The SMILES string of the molecule is Nc1ncccc1C(=O)c1nc(NC2CCCCC2N)ccc1C(F)(F)F.[HH].[HH]. The largest absolute Gasteiger partial charge is 0.418 e. The van der Waals surface area contributed by atoms with Gasteiger partial charge < -0.3 is 16.8 Å². The summed E-state index contributed by atoms with van der Waals surface area (Å²) in [5.74, 6) is -0.897. The van der Waals surface area contributed by atoms with Crippen LogP contribution in [0.3, 0.4) is 0 Å². The minimum atomic E-state index is -4.73. The van der Waals surface area contributed by atoms with Crippen molar-refractivity contribution >= 4 is 17.4 Å². The van der Waals surface area contributed by atoms with Gasteiger partial charge >= 0.3 is 6.18 Å². The van der Waals surface area contributed by atoms with Crippen molar-refractivity contribution in [2.45, 2.75) is 43.9 Å². The number of nitrogen functional groups attached to an aromatic ring is 1. The standard InChI is InChI=1S/C18H20F3N5O.2H2/c19-18(20,21)11-7-8-14(25-13-6-2-1-5-12(13)22)26-15(11)16(27)10-4-3-9-24-17(10)23;;/h3-4,7-9,12-13H,1-2,5-6,22H2,(H2,23,24)(H,25,26);2*1H. The zero-order valence-corrected chi connectivity index (χ0v) is 14.5. The Bertz CT molecular complexity index is 850. The van der Waals surface area contributed by atoms with Crippen molar-refractivity contribution in [3.05, 3.63) is 47.3 Å². The van der Waals surface area contributed by atoms with Crippen LogP contribution in [0.1, 0.15) is 50.2 Å². The molecule has 1 fully saturated rings. The number of alkyl halides is 3. The van der Waals surface area contributed by atoms with Crippen molar-refractivity contribution in [2.75, 3.05) is 11.1 Å². The second kappa shape index (κ2) is 7.51. The Kier molecular flexibility index (Phi) is 5.31. The third-order valence-corrected chi connectivity index (χ3v) is 4.65. The maximum absolute atomic E-state index is 13.4. The van der Waals surface area contributed by atoms with Crippen molar-refractivity contribution in [1.29, 1.82) is 0 Å². The Morgan fingerprint density at radius 2 is 1.96 bits per heavy atom. The van der Waals surface area contributed by atoms with Gasteiger partial charge in [-0.3, -0.25) is 4.79 Å². The van der Waals surface area contributed by atoms with E-state index < -0.39 is 23.2 Å². The number of rotatable bonds is 4. The normalized spacial score (nSPS) is 20.3. The van der Waals surface area contributed by atoms with Crippen LogP contribution in [0.2, 0.25) is 0 Å². The number of nitrogens with zero attached hydrogens (tertiary/aromatic N) is 2. The molecule has 3 rings (SSSR count). The van der Waals surface area contributed by atoms with Gasteiger partial charge in [-0.1, -0.05) is 12.8 Å². The van der Waals surface area contributed by atoms with Gasteiger partial charge in [0.25, 0.3) is 0 Å². The maximum atomic E-state index is 13.4. The van der Waals surface area contributed by atoms with E-state index >= 15 is 0 Å². The summed E-state index contributed by atoms with van der Waals surface area (Å²) < 4.78 is 40.2. The highest BCUT2D eigenvalue weighted by Gasteiger charge is 2.37. The highest BCUT2D eigenvalue weighted by atomic mass is 19.4. The molecule has 0 radical (unpaired) electrons. The third-order valence-electron chi connectivity index (χ3n) is 4.65. The molecule has 2 aromatic heterocycles. The molecule has 1 aliphatic carbocycles. The lowest BCUT2D eigenvalue weighted by molar-refractivity contribution is -0.138. The molecule has 1 aliphatic rings. The number of ketones is 1. The molecule has 2 aromatic rings. The molecule has 148 valence electrons. The van der Waals surface area contributed by atoms with Crippen LogP contribution in [0.4, 0.5) is 24.8 Å². The Balaban J connectivity index is 0.00000210. The highest BCUT2D eigenvalue weighted by Crippen LogP contribution is 2.33. The summed E-state index contributed by atoms with van der Waals surface area (Å²) in [6, 6.07) is 4.60. The first-order valence-electron chi connectivity index (χ1n) is 8.63. The van der Waals surface area contributed by atoms with E-state index in [0.29, 0.717) is 0 Å². The Morgan fingerprint density at radius 1 is 1.22 bits per heavy atom. The van der Waals surface area contributed by atoms with Gasteiger partial charge in [0, 0.05) is 21.1 Å². The third kappa shape index (κ3) is 4.19. The van der Waals surface area contributed by atoms with Gasteiger partial charge in [-0.05, 0) is 37.1 Å². The minimum Gasteiger partial charge on any atom is -0.383 e. The number of aromatic nitrogens is 2. The fourth-order valence-electron chi connectivity index (χ4n) is 3.21. The number of hydrogen-bond acceptors (Lipinski definition) is 6. The Labute approximate surface area is 157 Å². The van der Waals surface area contributed by atoms with E-state index in [1.165, 1.54) is 24.4 Å². The summed E-state index contributed by atoms with van der Waals surface area (Å²) >= 11 is 0. The zero-order chi connectivity index (χ0) is 19.6. The predicted molar refractivity (Wildman–Crippen MR) is 99.4 cm³/mol. The molecule has 27 heavy (non-hydrogen) atoms. The van der Waals surface area contributed by atoms with Crippen LogP contribution >= 0.6 is 0 Å². The van der Waals surface area contributed by atoms with Crippen LogP contribution in [-0.4, -0.2) is 27.8 Å². The molecule has 9 heteroatoms. The second-order valence-corrected chi connectivity index (χ2v) is 6.55. The molecule has 0 amide bonds. The van der Waals surface area contributed by atoms with Crippen molar-refractivity contribution in [3.63, 3.8) is 0 Å². The molecule has 0 saturated heterocycles. The number of carbonyl (C=O) groups is 1. The number of halogens is 3. The molecule has 6 nitrogen and oxygen atoms in total. The predicted octanol–water partition coefficient (Wildman–Crippen LogP) is 3.48. The number of nitrogens with one attached hydrogen (secondary N) is 1. The number of anilines is 2. The lowest BCUT2D eigenvalue weighted by atomic mass is 9.91. The molecule has 0 aromatic carbocycles. The van der Waals surface area contributed by atoms with E-state index in [2.05, 4.69) is 15.3 Å². The van der Waals surface area contributed by atoms with Gasteiger partial charge in [0.15, 0.2) is 0 Å². The summed E-state index contributed by atoms with van der Waals surface area (Å²) in [5, 5.41) is 3.07. The quantitative estimate of drug-likeness (QED) is 0.698. The summed E-state index contributed by atoms with van der Waals surface area (Å²) in [4.78, 5) is 20.4. The molecular weight excluding hydrogens is 359 g/mol. The molecule has 0 aliphatic heterocycles. The number of carbonyl (C=O) groups excluding carboxylic acids is 1. The van der Waals surface area contributed by atoms with E-state index in [-0.39, 0.29) is 32.1 Å². The molecule has 2 heterocycles. The molecule has 5 N–H and O–H groups in total. The summed E-state index contributed by atoms with van der Waals surface area (Å²) in [6.07, 6.45) is 0.244. The molecule has 1 saturated carbocycles. The number of pyridine rings is 2.